The lowest BCUT2D eigenvalue weighted by molar-refractivity contribution is -0.142. The Morgan fingerprint density at radius 2 is 1.95 bits per heavy atom. The van der Waals surface area contributed by atoms with Gasteiger partial charge in [-0.05, 0) is 62.2 Å². The molecule has 2 amide bonds. The first-order valence-corrected chi connectivity index (χ1v) is 13.6. The number of aromatic amines is 1. The van der Waals surface area contributed by atoms with E-state index in [1.807, 2.05) is 24.4 Å². The Kier molecular flexibility index (Phi) is 8.62. The standard InChI is InChI=1S/C30H30F4N6O3/c1-17-12-18(10-11-35-17)27-21-13-19(6-8-24(21)38-39-27)28(41)37-20-7-9-25(29(42)36-16-30(32,33)34)40(14-20)15-22-23(31)4-3-5-26(22)43-2/h3-6,8,10-13,20,25H,7,9,14-16H2,1-2H3,(H,36,42)(H,37,41)(H,38,39)/t20-,25+/m1/s1. The van der Waals surface area contributed by atoms with Crippen molar-refractivity contribution in [3.05, 3.63) is 77.4 Å². The van der Waals surface area contributed by atoms with Crippen LogP contribution in [0.4, 0.5) is 17.6 Å². The number of fused-ring (bicyclic) bond motifs is 1. The molecular weight excluding hydrogens is 568 g/mol. The number of amides is 2. The molecule has 0 saturated carbocycles. The van der Waals surface area contributed by atoms with Gasteiger partial charge in [0.05, 0.1) is 18.7 Å². The number of likely N-dealkylation sites (tertiary alicyclic amines) is 1. The number of nitrogens with one attached hydrogen (secondary N) is 3. The van der Waals surface area contributed by atoms with Crippen LogP contribution in [-0.4, -0.2) is 70.4 Å². The quantitative estimate of drug-likeness (QED) is 0.257. The number of carbonyl (C=O) groups is 2. The minimum atomic E-state index is -4.58. The lowest BCUT2D eigenvalue weighted by Gasteiger charge is -2.39. The number of hydrogen-bond acceptors (Lipinski definition) is 6. The van der Waals surface area contributed by atoms with Gasteiger partial charge in [0.2, 0.25) is 5.91 Å². The van der Waals surface area contributed by atoms with Crippen molar-refractivity contribution in [2.24, 2.45) is 0 Å². The Hall–Kier alpha value is -4.52. The number of pyridine rings is 1. The van der Waals surface area contributed by atoms with E-state index in [4.69, 9.17) is 4.74 Å². The van der Waals surface area contributed by atoms with Gasteiger partial charge >= 0.3 is 6.18 Å². The number of rotatable bonds is 8. The Bertz CT molecular complexity index is 1640. The number of hydrogen-bond donors (Lipinski definition) is 3. The monoisotopic (exact) mass is 598 g/mol. The summed E-state index contributed by atoms with van der Waals surface area (Å²) in [5, 5.41) is 13.0. The number of alkyl halides is 3. The number of ether oxygens (including phenoxy) is 1. The van der Waals surface area contributed by atoms with Crippen molar-refractivity contribution in [1.29, 1.82) is 0 Å². The lowest BCUT2D eigenvalue weighted by Crippen LogP contribution is -2.56. The number of H-pyrrole nitrogens is 1. The minimum Gasteiger partial charge on any atom is -0.496 e. The van der Waals surface area contributed by atoms with Crippen molar-refractivity contribution in [3.8, 4) is 17.0 Å². The third-order valence-corrected chi connectivity index (χ3v) is 7.44. The zero-order valence-corrected chi connectivity index (χ0v) is 23.5. The highest BCUT2D eigenvalue weighted by Gasteiger charge is 2.36. The zero-order chi connectivity index (χ0) is 30.7. The molecule has 3 heterocycles. The second-order valence-corrected chi connectivity index (χ2v) is 10.5. The second-order valence-electron chi connectivity index (χ2n) is 10.5. The molecule has 4 aromatic rings. The smallest absolute Gasteiger partial charge is 0.405 e. The van der Waals surface area contributed by atoms with E-state index in [2.05, 4.69) is 20.5 Å². The topological polar surface area (TPSA) is 112 Å². The molecule has 1 fully saturated rings. The summed E-state index contributed by atoms with van der Waals surface area (Å²) in [6.45, 7) is 0.388. The third-order valence-electron chi connectivity index (χ3n) is 7.44. The molecule has 1 saturated heterocycles. The maximum atomic E-state index is 14.8. The van der Waals surface area contributed by atoms with Crippen LogP contribution in [0, 0.1) is 12.7 Å². The van der Waals surface area contributed by atoms with Crippen LogP contribution in [0.1, 0.15) is 34.5 Å². The molecule has 0 bridgehead atoms. The largest absolute Gasteiger partial charge is 0.496 e. The molecular formula is C30H30F4N6O3. The van der Waals surface area contributed by atoms with Gasteiger partial charge in [-0.1, -0.05) is 6.07 Å². The van der Waals surface area contributed by atoms with E-state index in [9.17, 15) is 27.2 Å². The van der Waals surface area contributed by atoms with Gasteiger partial charge in [-0.3, -0.25) is 24.6 Å². The molecule has 1 aliphatic heterocycles. The molecule has 0 spiro atoms. The number of nitrogens with zero attached hydrogens (tertiary/aromatic N) is 3. The van der Waals surface area contributed by atoms with Gasteiger partial charge in [0, 0.05) is 53.1 Å². The van der Waals surface area contributed by atoms with Crippen molar-refractivity contribution in [2.45, 2.75) is 44.6 Å². The maximum Gasteiger partial charge on any atom is 0.405 e. The molecule has 0 radical (unpaired) electrons. The van der Waals surface area contributed by atoms with Crippen LogP contribution in [0.15, 0.2) is 54.7 Å². The van der Waals surface area contributed by atoms with Crippen molar-refractivity contribution >= 4 is 22.7 Å². The van der Waals surface area contributed by atoms with Crippen LogP contribution in [0.25, 0.3) is 22.2 Å². The summed E-state index contributed by atoms with van der Waals surface area (Å²) in [4.78, 5) is 32.0. The Morgan fingerprint density at radius 1 is 1.14 bits per heavy atom. The number of halogens is 4. The highest BCUT2D eigenvalue weighted by Crippen LogP contribution is 2.29. The average Bonchev–Trinajstić information content (AvgIpc) is 3.40. The van der Waals surface area contributed by atoms with Gasteiger partial charge in [-0.15, -0.1) is 0 Å². The van der Waals surface area contributed by atoms with Gasteiger partial charge in [0.15, 0.2) is 0 Å². The average molecular weight is 599 g/mol. The van der Waals surface area contributed by atoms with Crippen LogP contribution in [-0.2, 0) is 11.3 Å². The van der Waals surface area contributed by atoms with Gasteiger partial charge in [0.25, 0.3) is 5.91 Å². The first-order chi connectivity index (χ1) is 20.5. The van der Waals surface area contributed by atoms with Gasteiger partial charge in [-0.25, -0.2) is 4.39 Å². The second kappa shape index (κ2) is 12.4. The molecule has 0 aliphatic carbocycles. The SMILES string of the molecule is COc1cccc(F)c1CN1C[C@H](NC(=O)c2ccc3[nH]nc(-c4ccnc(C)c4)c3c2)CC[C@H]1C(=O)NCC(F)(F)F. The van der Waals surface area contributed by atoms with E-state index < -0.39 is 36.5 Å². The molecule has 0 unspecified atom stereocenters. The Labute approximate surface area is 244 Å². The molecule has 2 aromatic carbocycles. The van der Waals surface area contributed by atoms with Crippen LogP contribution >= 0.6 is 0 Å². The van der Waals surface area contributed by atoms with E-state index in [0.29, 0.717) is 17.7 Å². The van der Waals surface area contributed by atoms with Crippen molar-refractivity contribution < 1.29 is 31.9 Å². The van der Waals surface area contributed by atoms with Crippen LogP contribution in [0.3, 0.4) is 0 Å². The maximum absolute atomic E-state index is 14.8. The Balaban J connectivity index is 1.36. The fourth-order valence-electron chi connectivity index (χ4n) is 5.36. The van der Waals surface area contributed by atoms with Crippen LogP contribution in [0.5, 0.6) is 5.75 Å². The van der Waals surface area contributed by atoms with Gasteiger partial charge < -0.3 is 15.4 Å². The molecule has 1 aliphatic rings. The molecule has 9 nitrogen and oxygen atoms in total. The molecule has 2 aromatic heterocycles. The third kappa shape index (κ3) is 6.94. The Morgan fingerprint density at radius 3 is 2.70 bits per heavy atom. The number of aryl methyl sites for hydroxylation is 1. The first-order valence-electron chi connectivity index (χ1n) is 13.6. The predicted molar refractivity (Wildman–Crippen MR) is 151 cm³/mol. The number of benzene rings is 2. The summed E-state index contributed by atoms with van der Waals surface area (Å²) >= 11 is 0. The molecule has 13 heteroatoms. The summed E-state index contributed by atoms with van der Waals surface area (Å²) in [5.41, 5.74) is 3.63. The van der Waals surface area contributed by atoms with Crippen molar-refractivity contribution in [3.63, 3.8) is 0 Å². The molecule has 2 atom stereocenters. The molecule has 5 rings (SSSR count). The van der Waals surface area contributed by atoms with Crippen LogP contribution < -0.4 is 15.4 Å². The van der Waals surface area contributed by atoms with E-state index in [1.165, 1.54) is 19.2 Å². The van der Waals surface area contributed by atoms with E-state index in [1.54, 1.807) is 35.4 Å². The summed E-state index contributed by atoms with van der Waals surface area (Å²) in [5.74, 6) is -1.52. The molecule has 3 N–H and O–H groups in total. The van der Waals surface area contributed by atoms with Crippen LogP contribution in [0.2, 0.25) is 0 Å². The van der Waals surface area contributed by atoms with Gasteiger partial charge in [0.1, 0.15) is 23.8 Å². The number of piperidine rings is 1. The number of carbonyl (C=O) groups excluding carboxylic acids is 2. The van der Waals surface area contributed by atoms with Crippen molar-refractivity contribution in [1.82, 2.24) is 30.7 Å². The number of aromatic nitrogens is 3. The van der Waals surface area contributed by atoms with Crippen molar-refractivity contribution in [2.75, 3.05) is 20.2 Å². The normalized spacial score (nSPS) is 17.5. The molecule has 43 heavy (non-hydrogen) atoms. The minimum absolute atomic E-state index is 0.100. The first kappa shape index (κ1) is 30.0. The summed E-state index contributed by atoms with van der Waals surface area (Å²) in [6, 6.07) is 11.7. The highest BCUT2D eigenvalue weighted by atomic mass is 19.4. The lowest BCUT2D eigenvalue weighted by atomic mass is 9.96. The van der Waals surface area contributed by atoms with E-state index in [-0.39, 0.29) is 36.7 Å². The zero-order valence-electron chi connectivity index (χ0n) is 23.5. The number of methoxy groups -OCH3 is 1. The van der Waals surface area contributed by atoms with E-state index in [0.717, 1.165) is 22.2 Å². The van der Waals surface area contributed by atoms with Gasteiger partial charge in [-0.2, -0.15) is 18.3 Å². The van der Waals surface area contributed by atoms with E-state index >= 15 is 0 Å². The predicted octanol–water partition coefficient (Wildman–Crippen LogP) is 4.52. The highest BCUT2D eigenvalue weighted by molar-refractivity contribution is 6.01. The summed E-state index contributed by atoms with van der Waals surface area (Å²) in [6.07, 6.45) is -2.41. The summed E-state index contributed by atoms with van der Waals surface area (Å²) < 4.78 is 58.5. The molecule has 226 valence electrons. The fourth-order valence-corrected chi connectivity index (χ4v) is 5.36. The fraction of sp³-hybridized carbons (Fsp3) is 0.333. The summed E-state index contributed by atoms with van der Waals surface area (Å²) in [7, 11) is 1.38.